The summed E-state index contributed by atoms with van der Waals surface area (Å²) in [5.41, 5.74) is 2.91. The fourth-order valence-electron chi connectivity index (χ4n) is 2.52. The van der Waals surface area contributed by atoms with E-state index in [2.05, 4.69) is 35.3 Å². The summed E-state index contributed by atoms with van der Waals surface area (Å²) < 4.78 is 5.43. The molecule has 4 heteroatoms. The highest BCUT2D eigenvalue weighted by Crippen LogP contribution is 2.25. The lowest BCUT2D eigenvalue weighted by Gasteiger charge is -2.26. The third-order valence-corrected chi connectivity index (χ3v) is 3.77. The topological polar surface area (TPSA) is 48.3 Å². The molecule has 1 N–H and O–H groups in total. The summed E-state index contributed by atoms with van der Waals surface area (Å²) in [4.78, 5) is 2.18. The molecule has 1 fully saturated rings. The van der Waals surface area contributed by atoms with Crippen LogP contribution < -0.4 is 10.2 Å². The summed E-state index contributed by atoms with van der Waals surface area (Å²) in [7, 11) is 2.05. The van der Waals surface area contributed by atoms with Gasteiger partial charge < -0.3 is 15.0 Å². The van der Waals surface area contributed by atoms with Crippen LogP contribution in [0.4, 0.5) is 5.69 Å². The first-order valence-corrected chi connectivity index (χ1v) is 7.30. The SMILES string of the molecule is CCCNCc1ccc(N(C)C2CCOC2)c(C#N)c1. The molecular weight excluding hydrogens is 250 g/mol. The van der Waals surface area contributed by atoms with Crippen LogP contribution in [0.15, 0.2) is 18.2 Å². The zero-order valence-electron chi connectivity index (χ0n) is 12.4. The minimum absolute atomic E-state index is 0.381. The summed E-state index contributed by atoms with van der Waals surface area (Å²) in [5, 5.41) is 12.7. The maximum absolute atomic E-state index is 9.38. The second-order valence-electron chi connectivity index (χ2n) is 5.27. The van der Waals surface area contributed by atoms with Crippen molar-refractivity contribution in [1.29, 1.82) is 5.26 Å². The normalized spacial score (nSPS) is 17.9. The number of nitrogens with zero attached hydrogens (tertiary/aromatic N) is 2. The van der Waals surface area contributed by atoms with Gasteiger partial charge in [-0.25, -0.2) is 0 Å². The quantitative estimate of drug-likeness (QED) is 0.808. The number of nitriles is 1. The fourth-order valence-corrected chi connectivity index (χ4v) is 2.52. The minimum Gasteiger partial charge on any atom is -0.379 e. The molecule has 4 nitrogen and oxygen atoms in total. The highest BCUT2D eigenvalue weighted by atomic mass is 16.5. The lowest BCUT2D eigenvalue weighted by Crippen LogP contribution is -2.32. The van der Waals surface area contributed by atoms with Gasteiger partial charge in [0.25, 0.3) is 0 Å². The fraction of sp³-hybridized carbons (Fsp3) is 0.562. The Morgan fingerprint density at radius 1 is 1.50 bits per heavy atom. The van der Waals surface area contributed by atoms with E-state index in [9.17, 15) is 5.26 Å². The molecule has 1 aromatic rings. The van der Waals surface area contributed by atoms with E-state index in [0.717, 1.165) is 56.0 Å². The second-order valence-corrected chi connectivity index (χ2v) is 5.27. The van der Waals surface area contributed by atoms with Crippen LogP contribution in [-0.2, 0) is 11.3 Å². The molecule has 0 spiro atoms. The molecule has 1 saturated heterocycles. The number of benzene rings is 1. The predicted octanol–water partition coefficient (Wildman–Crippen LogP) is 2.28. The van der Waals surface area contributed by atoms with Crippen LogP contribution in [-0.4, -0.2) is 32.8 Å². The molecule has 1 aliphatic heterocycles. The van der Waals surface area contributed by atoms with Crippen molar-refractivity contribution in [3.05, 3.63) is 29.3 Å². The lowest BCUT2D eigenvalue weighted by atomic mass is 10.1. The molecule has 108 valence electrons. The number of likely N-dealkylation sites (N-methyl/N-ethyl adjacent to an activating group) is 1. The monoisotopic (exact) mass is 273 g/mol. The van der Waals surface area contributed by atoms with Gasteiger partial charge in [-0.1, -0.05) is 13.0 Å². The molecular formula is C16H23N3O. The predicted molar refractivity (Wildman–Crippen MR) is 80.8 cm³/mol. The van der Waals surface area contributed by atoms with Gasteiger partial charge in [-0.05, 0) is 37.1 Å². The number of anilines is 1. The second kappa shape index (κ2) is 7.28. The van der Waals surface area contributed by atoms with E-state index in [4.69, 9.17) is 4.74 Å². The van der Waals surface area contributed by atoms with Gasteiger partial charge in [0.05, 0.1) is 23.9 Å². The molecule has 0 aliphatic carbocycles. The zero-order chi connectivity index (χ0) is 14.4. The maximum atomic E-state index is 9.38. The first-order valence-electron chi connectivity index (χ1n) is 7.30. The van der Waals surface area contributed by atoms with Crippen LogP contribution >= 0.6 is 0 Å². The minimum atomic E-state index is 0.381. The number of ether oxygens (including phenoxy) is 1. The number of rotatable bonds is 6. The van der Waals surface area contributed by atoms with Gasteiger partial charge in [-0.15, -0.1) is 0 Å². The molecule has 0 saturated carbocycles. The molecule has 0 bridgehead atoms. The standard InChI is InChI=1S/C16H23N3O/c1-3-7-18-11-13-4-5-16(14(9-13)10-17)19(2)15-6-8-20-12-15/h4-5,9,15,18H,3,6-8,11-12H2,1-2H3. The average Bonchev–Trinajstić information content (AvgIpc) is 3.01. The van der Waals surface area contributed by atoms with Crippen molar-refractivity contribution >= 4 is 5.69 Å². The van der Waals surface area contributed by atoms with E-state index in [1.165, 1.54) is 0 Å². The summed E-state index contributed by atoms with van der Waals surface area (Å²) in [6, 6.07) is 8.85. The Bertz CT molecular complexity index is 475. The van der Waals surface area contributed by atoms with Gasteiger partial charge in [-0.3, -0.25) is 0 Å². The van der Waals surface area contributed by atoms with E-state index >= 15 is 0 Å². The summed E-state index contributed by atoms with van der Waals surface area (Å²) >= 11 is 0. The highest BCUT2D eigenvalue weighted by Gasteiger charge is 2.22. The smallest absolute Gasteiger partial charge is 0.101 e. The molecule has 1 aliphatic rings. The number of nitrogens with one attached hydrogen (secondary N) is 1. The van der Waals surface area contributed by atoms with Gasteiger partial charge >= 0.3 is 0 Å². The first-order chi connectivity index (χ1) is 9.76. The van der Waals surface area contributed by atoms with E-state index in [1.54, 1.807) is 0 Å². The van der Waals surface area contributed by atoms with Crippen LogP contribution in [0.3, 0.4) is 0 Å². The molecule has 1 atom stereocenters. The highest BCUT2D eigenvalue weighted by molar-refractivity contribution is 5.60. The summed E-state index contributed by atoms with van der Waals surface area (Å²) in [6.45, 7) is 5.54. The number of hydrogen-bond donors (Lipinski definition) is 1. The third-order valence-electron chi connectivity index (χ3n) is 3.77. The van der Waals surface area contributed by atoms with Crippen molar-refractivity contribution in [2.45, 2.75) is 32.4 Å². The van der Waals surface area contributed by atoms with E-state index in [0.29, 0.717) is 6.04 Å². The number of hydrogen-bond acceptors (Lipinski definition) is 4. The van der Waals surface area contributed by atoms with Crippen molar-refractivity contribution in [2.24, 2.45) is 0 Å². The Morgan fingerprint density at radius 2 is 2.35 bits per heavy atom. The Kier molecular flexibility index (Phi) is 5.40. The van der Waals surface area contributed by atoms with Gasteiger partial charge in [0.2, 0.25) is 0 Å². The van der Waals surface area contributed by atoms with Gasteiger partial charge in [-0.2, -0.15) is 5.26 Å². The van der Waals surface area contributed by atoms with E-state index in [1.807, 2.05) is 13.1 Å². The molecule has 20 heavy (non-hydrogen) atoms. The Morgan fingerprint density at radius 3 is 3.00 bits per heavy atom. The molecule has 2 rings (SSSR count). The van der Waals surface area contributed by atoms with Gasteiger partial charge in [0, 0.05) is 20.2 Å². The van der Waals surface area contributed by atoms with E-state index < -0.39 is 0 Å². The maximum Gasteiger partial charge on any atom is 0.101 e. The van der Waals surface area contributed by atoms with Crippen molar-refractivity contribution in [1.82, 2.24) is 5.32 Å². The van der Waals surface area contributed by atoms with E-state index in [-0.39, 0.29) is 0 Å². The average molecular weight is 273 g/mol. The van der Waals surface area contributed by atoms with Crippen LogP contribution in [0, 0.1) is 11.3 Å². The Labute approximate surface area is 121 Å². The Hall–Kier alpha value is -1.57. The molecule has 0 aromatic heterocycles. The van der Waals surface area contributed by atoms with Crippen LogP contribution in [0.1, 0.15) is 30.9 Å². The lowest BCUT2D eigenvalue weighted by molar-refractivity contribution is 0.193. The van der Waals surface area contributed by atoms with Crippen LogP contribution in [0.2, 0.25) is 0 Å². The van der Waals surface area contributed by atoms with Gasteiger partial charge in [0.15, 0.2) is 0 Å². The van der Waals surface area contributed by atoms with Crippen molar-refractivity contribution in [3.63, 3.8) is 0 Å². The molecule has 1 unspecified atom stereocenters. The molecule has 0 radical (unpaired) electrons. The summed E-state index contributed by atoms with van der Waals surface area (Å²) in [6.07, 6.45) is 2.15. The molecule has 1 heterocycles. The van der Waals surface area contributed by atoms with Crippen molar-refractivity contribution in [2.75, 3.05) is 31.7 Å². The third kappa shape index (κ3) is 3.50. The summed E-state index contributed by atoms with van der Waals surface area (Å²) in [5.74, 6) is 0. The van der Waals surface area contributed by atoms with Gasteiger partial charge in [0.1, 0.15) is 6.07 Å². The first kappa shape index (κ1) is 14.8. The van der Waals surface area contributed by atoms with Crippen molar-refractivity contribution in [3.8, 4) is 6.07 Å². The van der Waals surface area contributed by atoms with Crippen molar-refractivity contribution < 1.29 is 4.74 Å². The molecule has 1 aromatic carbocycles. The molecule has 0 amide bonds. The Balaban J connectivity index is 2.11. The zero-order valence-corrected chi connectivity index (χ0v) is 12.4. The largest absolute Gasteiger partial charge is 0.379 e. The van der Waals surface area contributed by atoms with Crippen LogP contribution in [0.5, 0.6) is 0 Å². The van der Waals surface area contributed by atoms with Crippen LogP contribution in [0.25, 0.3) is 0 Å².